The van der Waals surface area contributed by atoms with Gasteiger partial charge in [0.1, 0.15) is 0 Å². The van der Waals surface area contributed by atoms with E-state index in [2.05, 4.69) is 276 Å². The molecule has 0 saturated heterocycles. The van der Waals surface area contributed by atoms with Gasteiger partial charge in [-0.2, -0.15) is 0 Å². The summed E-state index contributed by atoms with van der Waals surface area (Å²) in [6.07, 6.45) is 0. The highest BCUT2D eigenvalue weighted by atomic mass is 15.1. The van der Waals surface area contributed by atoms with Gasteiger partial charge in [-0.05, 0) is 150 Å². The first-order valence-corrected chi connectivity index (χ1v) is 23.4. The smallest absolute Gasteiger partial charge is 0.0541 e. The summed E-state index contributed by atoms with van der Waals surface area (Å²) in [5.74, 6) is 0. The van der Waals surface area contributed by atoms with Crippen molar-refractivity contribution in [1.82, 2.24) is 4.57 Å². The number of para-hydroxylation sites is 2. The molecule has 0 aliphatic heterocycles. The molecule has 13 rings (SSSR count). The minimum absolute atomic E-state index is 1.08. The molecule has 318 valence electrons. The van der Waals surface area contributed by atoms with Gasteiger partial charge in [0.05, 0.1) is 11.0 Å². The molecule has 0 aliphatic carbocycles. The van der Waals surface area contributed by atoms with Gasteiger partial charge in [0, 0.05) is 33.5 Å². The van der Waals surface area contributed by atoms with Crippen LogP contribution in [0.5, 0.6) is 0 Å². The van der Waals surface area contributed by atoms with E-state index < -0.39 is 0 Å². The number of hydrogen-bond donors (Lipinski definition) is 0. The minimum Gasteiger partial charge on any atom is -0.310 e. The van der Waals surface area contributed by atoms with Crippen LogP contribution in [0.4, 0.5) is 17.1 Å². The monoisotopic (exact) mass is 864 g/mol. The maximum Gasteiger partial charge on any atom is 0.0541 e. The van der Waals surface area contributed by atoms with E-state index in [0.717, 1.165) is 22.7 Å². The normalized spacial score (nSPS) is 11.5. The topological polar surface area (TPSA) is 8.17 Å². The summed E-state index contributed by atoms with van der Waals surface area (Å²) in [5, 5.41) is 9.95. The predicted octanol–water partition coefficient (Wildman–Crippen LogP) is 18.4. The Labute approximate surface area is 395 Å². The van der Waals surface area contributed by atoms with E-state index in [4.69, 9.17) is 0 Å². The van der Waals surface area contributed by atoms with Crippen molar-refractivity contribution in [2.75, 3.05) is 4.90 Å². The van der Waals surface area contributed by atoms with E-state index in [-0.39, 0.29) is 0 Å². The molecule has 1 aromatic heterocycles. The first-order valence-electron chi connectivity index (χ1n) is 23.4. The Hall–Kier alpha value is -8.98. The molecule has 0 N–H and O–H groups in total. The second-order valence-corrected chi connectivity index (χ2v) is 17.7. The molecule has 0 saturated carbocycles. The summed E-state index contributed by atoms with van der Waals surface area (Å²) in [5.41, 5.74) is 16.5. The zero-order valence-corrected chi connectivity index (χ0v) is 37.3. The first kappa shape index (κ1) is 39.4. The molecule has 0 aliphatic rings. The van der Waals surface area contributed by atoms with Crippen molar-refractivity contribution in [3.05, 3.63) is 267 Å². The van der Waals surface area contributed by atoms with E-state index in [1.165, 1.54) is 98.6 Å². The number of hydrogen-bond acceptors (Lipinski definition) is 1. The molecule has 0 fully saturated rings. The Morgan fingerprint density at radius 3 is 1.35 bits per heavy atom. The highest BCUT2D eigenvalue weighted by molar-refractivity contribution is 6.21. The third-order valence-corrected chi connectivity index (χ3v) is 13.7. The van der Waals surface area contributed by atoms with Gasteiger partial charge in [-0.15, -0.1) is 0 Å². The molecule has 68 heavy (non-hydrogen) atoms. The lowest BCUT2D eigenvalue weighted by Gasteiger charge is -2.27. The summed E-state index contributed by atoms with van der Waals surface area (Å²) in [6.45, 7) is 0. The number of nitrogens with zero attached hydrogens (tertiary/aromatic N) is 2. The summed E-state index contributed by atoms with van der Waals surface area (Å²) in [7, 11) is 0. The second kappa shape index (κ2) is 16.5. The van der Waals surface area contributed by atoms with Crippen LogP contribution in [0.15, 0.2) is 267 Å². The van der Waals surface area contributed by atoms with Gasteiger partial charge in [0.25, 0.3) is 0 Å². The number of fused-ring (bicyclic) bond motifs is 6. The van der Waals surface area contributed by atoms with Gasteiger partial charge in [-0.25, -0.2) is 0 Å². The van der Waals surface area contributed by atoms with Crippen molar-refractivity contribution in [3.8, 4) is 50.2 Å². The average molecular weight is 865 g/mol. The van der Waals surface area contributed by atoms with Gasteiger partial charge in [-0.3, -0.25) is 0 Å². The van der Waals surface area contributed by atoms with Gasteiger partial charge in [0.15, 0.2) is 0 Å². The average Bonchev–Trinajstić information content (AvgIpc) is 3.75. The zero-order valence-electron chi connectivity index (χ0n) is 37.3. The van der Waals surface area contributed by atoms with Crippen molar-refractivity contribution >= 4 is 71.2 Å². The second-order valence-electron chi connectivity index (χ2n) is 17.7. The fraction of sp³-hybridized carbons (Fsp3) is 0. The SMILES string of the molecule is c1ccc(-c2c3ccccc3c(-c3cccc(N(c4ccc(-c5ccc6ccccc6c5)cc4)c4ccc(-c5ccc6c(c5)c5ccccc5n6-c5ccccc5)cc4)c3)c3ccccc23)cc1. The molecule has 1 heterocycles. The number of benzene rings is 12. The molecule has 2 nitrogen and oxygen atoms in total. The fourth-order valence-corrected chi connectivity index (χ4v) is 10.6. The minimum atomic E-state index is 1.08. The molecule has 0 radical (unpaired) electrons. The summed E-state index contributed by atoms with van der Waals surface area (Å²) in [6, 6.07) is 97.5. The highest BCUT2D eigenvalue weighted by Crippen LogP contribution is 2.46. The standard InChI is InChI=1S/C66H44N2/c1-3-17-48(18-4-1)65-58-25-9-11-27-60(58)66(61-28-12-10-26-59(61)65)52-20-15-23-56(43-52)67(54-37-32-46(33-38-54)50-31-30-45-16-7-8-19-49(45)42-50)55-39-34-47(35-40-55)51-36-41-64-62(44-51)57-24-13-14-29-63(57)68(64)53-21-5-2-6-22-53/h1-44H. The van der Waals surface area contributed by atoms with Gasteiger partial charge in [-0.1, -0.05) is 194 Å². The van der Waals surface area contributed by atoms with Gasteiger partial charge < -0.3 is 9.47 Å². The maximum absolute atomic E-state index is 2.40. The van der Waals surface area contributed by atoms with E-state index in [0.29, 0.717) is 0 Å². The molecule has 13 aromatic rings. The van der Waals surface area contributed by atoms with Crippen molar-refractivity contribution in [3.63, 3.8) is 0 Å². The molecule has 2 heteroatoms. The summed E-state index contributed by atoms with van der Waals surface area (Å²) >= 11 is 0. The molecule has 0 spiro atoms. The van der Waals surface area contributed by atoms with E-state index >= 15 is 0 Å². The van der Waals surface area contributed by atoms with Crippen molar-refractivity contribution in [1.29, 1.82) is 0 Å². The van der Waals surface area contributed by atoms with Crippen molar-refractivity contribution in [2.24, 2.45) is 0 Å². The molecular formula is C66H44N2. The number of anilines is 3. The van der Waals surface area contributed by atoms with Gasteiger partial charge in [0.2, 0.25) is 0 Å². The van der Waals surface area contributed by atoms with Crippen LogP contribution in [0.25, 0.3) is 104 Å². The van der Waals surface area contributed by atoms with Gasteiger partial charge >= 0.3 is 0 Å². The van der Waals surface area contributed by atoms with Crippen LogP contribution in [-0.4, -0.2) is 4.57 Å². The Balaban J connectivity index is 0.945. The molecular weight excluding hydrogens is 821 g/mol. The molecule has 0 unspecified atom stereocenters. The van der Waals surface area contributed by atoms with Crippen LogP contribution in [0.1, 0.15) is 0 Å². The predicted molar refractivity (Wildman–Crippen MR) is 290 cm³/mol. The van der Waals surface area contributed by atoms with Crippen LogP contribution >= 0.6 is 0 Å². The fourth-order valence-electron chi connectivity index (χ4n) is 10.6. The quantitative estimate of drug-likeness (QED) is 0.138. The largest absolute Gasteiger partial charge is 0.310 e. The molecule has 0 atom stereocenters. The Bertz CT molecular complexity index is 3940. The number of rotatable bonds is 8. The van der Waals surface area contributed by atoms with E-state index in [9.17, 15) is 0 Å². The van der Waals surface area contributed by atoms with Crippen LogP contribution < -0.4 is 4.90 Å². The first-order chi connectivity index (χ1) is 33.7. The lowest BCUT2D eigenvalue weighted by Crippen LogP contribution is -2.10. The Kier molecular flexibility index (Phi) is 9.54. The third kappa shape index (κ3) is 6.73. The zero-order chi connectivity index (χ0) is 45.0. The molecule has 0 bridgehead atoms. The van der Waals surface area contributed by atoms with E-state index in [1.54, 1.807) is 0 Å². The van der Waals surface area contributed by atoms with Crippen LogP contribution in [-0.2, 0) is 0 Å². The lowest BCUT2D eigenvalue weighted by atomic mass is 9.86. The Morgan fingerprint density at radius 2 is 0.706 bits per heavy atom. The van der Waals surface area contributed by atoms with Crippen LogP contribution in [0, 0.1) is 0 Å². The molecule has 0 amide bonds. The highest BCUT2D eigenvalue weighted by Gasteiger charge is 2.20. The van der Waals surface area contributed by atoms with Crippen molar-refractivity contribution < 1.29 is 0 Å². The van der Waals surface area contributed by atoms with Crippen molar-refractivity contribution in [2.45, 2.75) is 0 Å². The van der Waals surface area contributed by atoms with Crippen LogP contribution in [0.2, 0.25) is 0 Å². The van der Waals surface area contributed by atoms with Crippen LogP contribution in [0.3, 0.4) is 0 Å². The van der Waals surface area contributed by atoms with E-state index in [1.807, 2.05) is 0 Å². The lowest BCUT2D eigenvalue weighted by molar-refractivity contribution is 1.18. The maximum atomic E-state index is 2.40. The summed E-state index contributed by atoms with van der Waals surface area (Å²) < 4.78 is 2.37. The third-order valence-electron chi connectivity index (χ3n) is 13.7. The number of aromatic nitrogens is 1. The summed E-state index contributed by atoms with van der Waals surface area (Å²) in [4.78, 5) is 2.40. The Morgan fingerprint density at radius 1 is 0.235 bits per heavy atom. The molecule has 12 aromatic carbocycles.